The molecule has 1 N–H and O–H groups in total. The second-order valence-electron chi connectivity index (χ2n) is 6.00. The molecule has 0 heterocycles. The van der Waals surface area contributed by atoms with Gasteiger partial charge in [0.1, 0.15) is 0 Å². The maximum absolute atomic E-state index is 12.0. The largest absolute Gasteiger partial charge is 0.452 e. The normalized spacial score (nSPS) is 24.6. The SMILES string of the molecule is CC1CCCC(NC(=O)COC(=O)c2ccccc2Br)C1C. The second-order valence-corrected chi connectivity index (χ2v) is 6.85. The van der Waals surface area contributed by atoms with E-state index in [0.29, 0.717) is 21.9 Å². The van der Waals surface area contributed by atoms with Crippen LogP contribution in [0.4, 0.5) is 0 Å². The van der Waals surface area contributed by atoms with E-state index in [4.69, 9.17) is 4.74 Å². The van der Waals surface area contributed by atoms with E-state index < -0.39 is 5.97 Å². The molecule has 1 aliphatic rings. The molecule has 0 aliphatic heterocycles. The molecule has 0 bridgehead atoms. The van der Waals surface area contributed by atoms with E-state index in [1.54, 1.807) is 18.2 Å². The molecule has 4 nitrogen and oxygen atoms in total. The first-order valence-corrected chi connectivity index (χ1v) is 8.49. The van der Waals surface area contributed by atoms with E-state index in [9.17, 15) is 9.59 Å². The first-order chi connectivity index (χ1) is 10.5. The van der Waals surface area contributed by atoms with Crippen LogP contribution in [-0.2, 0) is 9.53 Å². The van der Waals surface area contributed by atoms with Crippen LogP contribution in [0.3, 0.4) is 0 Å². The summed E-state index contributed by atoms with van der Waals surface area (Å²) in [5, 5.41) is 2.99. The van der Waals surface area contributed by atoms with E-state index >= 15 is 0 Å². The Bertz CT molecular complexity index is 546. The van der Waals surface area contributed by atoms with E-state index in [-0.39, 0.29) is 18.6 Å². The van der Waals surface area contributed by atoms with Gasteiger partial charge in [0.15, 0.2) is 6.61 Å². The van der Waals surface area contributed by atoms with Gasteiger partial charge in [0.25, 0.3) is 5.91 Å². The third-order valence-electron chi connectivity index (χ3n) is 4.48. The highest BCUT2D eigenvalue weighted by atomic mass is 79.9. The molecule has 1 saturated carbocycles. The number of amides is 1. The number of carbonyl (C=O) groups is 2. The second kappa shape index (κ2) is 7.77. The zero-order valence-corrected chi connectivity index (χ0v) is 14.6. The summed E-state index contributed by atoms with van der Waals surface area (Å²) in [6, 6.07) is 7.18. The summed E-state index contributed by atoms with van der Waals surface area (Å²) < 4.78 is 5.76. The van der Waals surface area contributed by atoms with Crippen molar-refractivity contribution in [3.63, 3.8) is 0 Å². The predicted octanol–water partition coefficient (Wildman–Crippen LogP) is 3.55. The molecule has 1 amide bonds. The fraction of sp³-hybridized carbons (Fsp3) is 0.529. The van der Waals surface area contributed by atoms with Crippen molar-refractivity contribution in [2.24, 2.45) is 11.8 Å². The van der Waals surface area contributed by atoms with Crippen molar-refractivity contribution >= 4 is 27.8 Å². The van der Waals surface area contributed by atoms with Crippen LogP contribution in [0.25, 0.3) is 0 Å². The highest BCUT2D eigenvalue weighted by Crippen LogP contribution is 2.29. The molecule has 5 heteroatoms. The van der Waals surface area contributed by atoms with Crippen molar-refractivity contribution < 1.29 is 14.3 Å². The number of hydrogen-bond acceptors (Lipinski definition) is 3. The lowest BCUT2D eigenvalue weighted by molar-refractivity contribution is -0.125. The van der Waals surface area contributed by atoms with Crippen LogP contribution in [0, 0.1) is 11.8 Å². The Balaban J connectivity index is 1.83. The zero-order chi connectivity index (χ0) is 16.1. The summed E-state index contributed by atoms with van der Waals surface area (Å²) in [7, 11) is 0. The smallest absolute Gasteiger partial charge is 0.339 e. The highest BCUT2D eigenvalue weighted by molar-refractivity contribution is 9.10. The fourth-order valence-electron chi connectivity index (χ4n) is 2.87. The van der Waals surface area contributed by atoms with Crippen LogP contribution < -0.4 is 5.32 Å². The number of benzene rings is 1. The first-order valence-electron chi connectivity index (χ1n) is 7.70. The third-order valence-corrected chi connectivity index (χ3v) is 5.17. The van der Waals surface area contributed by atoms with Gasteiger partial charge in [-0.2, -0.15) is 0 Å². The lowest BCUT2D eigenvalue weighted by Gasteiger charge is -2.34. The highest BCUT2D eigenvalue weighted by Gasteiger charge is 2.28. The number of esters is 1. The van der Waals surface area contributed by atoms with Gasteiger partial charge in [-0.3, -0.25) is 4.79 Å². The molecule has 22 heavy (non-hydrogen) atoms. The molecule has 0 radical (unpaired) electrons. The Labute approximate surface area is 139 Å². The van der Waals surface area contributed by atoms with Gasteiger partial charge in [-0.15, -0.1) is 0 Å². The van der Waals surface area contributed by atoms with Crippen molar-refractivity contribution in [1.82, 2.24) is 5.32 Å². The summed E-state index contributed by atoms with van der Waals surface area (Å²) in [6.07, 6.45) is 3.34. The van der Waals surface area contributed by atoms with Gasteiger partial charge in [0, 0.05) is 10.5 Å². The maximum atomic E-state index is 12.0. The Kier molecular flexibility index (Phi) is 6.00. The van der Waals surface area contributed by atoms with Gasteiger partial charge in [0.2, 0.25) is 0 Å². The molecule has 0 aromatic heterocycles. The molecular weight excluding hydrogens is 346 g/mol. The van der Waals surface area contributed by atoms with Gasteiger partial charge in [-0.1, -0.05) is 38.8 Å². The lowest BCUT2D eigenvalue weighted by Crippen LogP contribution is -2.45. The van der Waals surface area contributed by atoms with Crippen LogP contribution in [0.1, 0.15) is 43.5 Å². The van der Waals surface area contributed by atoms with Crippen molar-refractivity contribution in [1.29, 1.82) is 0 Å². The molecule has 3 unspecified atom stereocenters. The summed E-state index contributed by atoms with van der Waals surface area (Å²) in [4.78, 5) is 23.9. The standard InChI is InChI=1S/C17H22BrNO3/c1-11-6-5-9-15(12(11)2)19-16(20)10-22-17(21)13-7-3-4-8-14(13)18/h3-4,7-8,11-12,15H,5-6,9-10H2,1-2H3,(H,19,20). The summed E-state index contributed by atoms with van der Waals surface area (Å²) in [5.41, 5.74) is 0.426. The Morgan fingerprint density at radius 3 is 2.73 bits per heavy atom. The number of hydrogen-bond donors (Lipinski definition) is 1. The zero-order valence-electron chi connectivity index (χ0n) is 13.0. The van der Waals surface area contributed by atoms with E-state index in [0.717, 1.165) is 12.8 Å². The average molecular weight is 368 g/mol. The van der Waals surface area contributed by atoms with Crippen molar-refractivity contribution in [2.75, 3.05) is 6.61 Å². The minimum Gasteiger partial charge on any atom is -0.452 e. The van der Waals surface area contributed by atoms with Gasteiger partial charge >= 0.3 is 5.97 Å². The number of ether oxygens (including phenoxy) is 1. The van der Waals surface area contributed by atoms with Gasteiger partial charge < -0.3 is 10.1 Å². The van der Waals surface area contributed by atoms with Crippen molar-refractivity contribution in [3.8, 4) is 0 Å². The number of halogens is 1. The maximum Gasteiger partial charge on any atom is 0.339 e. The number of nitrogens with one attached hydrogen (secondary N) is 1. The van der Waals surface area contributed by atoms with Gasteiger partial charge in [0.05, 0.1) is 5.56 Å². The molecule has 120 valence electrons. The van der Waals surface area contributed by atoms with E-state index in [1.807, 2.05) is 6.07 Å². The summed E-state index contributed by atoms with van der Waals surface area (Å²) in [6.45, 7) is 4.15. The van der Waals surface area contributed by atoms with Crippen LogP contribution in [-0.4, -0.2) is 24.5 Å². The molecule has 1 aromatic rings. The summed E-state index contributed by atoms with van der Waals surface area (Å²) in [5.74, 6) is 0.345. The molecule has 1 aromatic carbocycles. The average Bonchev–Trinajstić information content (AvgIpc) is 2.50. The topological polar surface area (TPSA) is 55.4 Å². The van der Waals surface area contributed by atoms with Crippen LogP contribution in [0.15, 0.2) is 28.7 Å². The molecule has 1 fully saturated rings. The molecule has 0 spiro atoms. The van der Waals surface area contributed by atoms with Crippen LogP contribution in [0.2, 0.25) is 0 Å². The van der Waals surface area contributed by atoms with E-state index in [1.165, 1.54) is 6.42 Å². The van der Waals surface area contributed by atoms with Crippen LogP contribution >= 0.6 is 15.9 Å². The molecular formula is C17H22BrNO3. The Morgan fingerprint density at radius 2 is 2.00 bits per heavy atom. The molecule has 0 saturated heterocycles. The molecule has 3 atom stereocenters. The molecule has 1 aliphatic carbocycles. The third kappa shape index (κ3) is 4.32. The fourth-order valence-corrected chi connectivity index (χ4v) is 3.32. The monoisotopic (exact) mass is 367 g/mol. The first kappa shape index (κ1) is 17.0. The number of carbonyl (C=O) groups excluding carboxylic acids is 2. The minimum atomic E-state index is -0.493. The van der Waals surface area contributed by atoms with E-state index in [2.05, 4.69) is 35.1 Å². The van der Waals surface area contributed by atoms with Gasteiger partial charge in [-0.25, -0.2) is 4.79 Å². The Hall–Kier alpha value is -1.36. The minimum absolute atomic E-state index is 0.179. The quantitative estimate of drug-likeness (QED) is 0.827. The van der Waals surface area contributed by atoms with Crippen molar-refractivity contribution in [3.05, 3.63) is 34.3 Å². The number of rotatable bonds is 4. The van der Waals surface area contributed by atoms with Crippen molar-refractivity contribution in [2.45, 2.75) is 39.2 Å². The molecule has 2 rings (SSSR count). The van der Waals surface area contributed by atoms with Gasteiger partial charge in [-0.05, 0) is 46.3 Å². The lowest BCUT2D eigenvalue weighted by atomic mass is 9.78. The Morgan fingerprint density at radius 1 is 1.27 bits per heavy atom. The van der Waals surface area contributed by atoms with Crippen LogP contribution in [0.5, 0.6) is 0 Å². The summed E-state index contributed by atoms with van der Waals surface area (Å²) >= 11 is 3.30. The predicted molar refractivity (Wildman–Crippen MR) is 88.5 cm³/mol.